The molecule has 2 aromatic carbocycles. The molecule has 0 aromatic heterocycles. The van der Waals surface area contributed by atoms with Gasteiger partial charge in [0.05, 0.1) is 14.2 Å². The van der Waals surface area contributed by atoms with Gasteiger partial charge < -0.3 is 20.1 Å². The van der Waals surface area contributed by atoms with E-state index in [0.717, 1.165) is 22.6 Å². The van der Waals surface area contributed by atoms with Crippen LogP contribution in [0.25, 0.3) is 0 Å². The molecule has 0 aliphatic rings. The fraction of sp³-hybridized carbons (Fsp3) is 0.364. The minimum Gasteiger partial charge on any atom is -0.497 e. The summed E-state index contributed by atoms with van der Waals surface area (Å²) in [5, 5.41) is 5.82. The predicted molar refractivity (Wildman–Crippen MR) is 124 cm³/mol. The van der Waals surface area contributed by atoms with Crippen molar-refractivity contribution in [1.82, 2.24) is 10.6 Å². The third-order valence-electron chi connectivity index (χ3n) is 4.21. The first-order valence-electron chi connectivity index (χ1n) is 9.64. The predicted octanol–water partition coefficient (Wildman–Crippen LogP) is 3.80. The standard InChI is InChI=1S/C22H28N2O4S2/c1-27-19-7-3-17(4-8-19)15-23-21(25)11-13-29-30-14-12-22(26)24-16-18-5-9-20(28-2)10-6-18/h3-10H,11-16H2,1-2H3,(H,23,25)(H,24,26). The Labute approximate surface area is 185 Å². The summed E-state index contributed by atoms with van der Waals surface area (Å²) >= 11 is 0. The lowest BCUT2D eigenvalue weighted by Gasteiger charge is -2.07. The van der Waals surface area contributed by atoms with Crippen LogP contribution in [-0.4, -0.2) is 37.5 Å². The highest BCUT2D eigenvalue weighted by Gasteiger charge is 2.05. The average molecular weight is 449 g/mol. The topological polar surface area (TPSA) is 76.7 Å². The normalized spacial score (nSPS) is 10.3. The first-order chi connectivity index (χ1) is 14.6. The van der Waals surface area contributed by atoms with Crippen molar-refractivity contribution in [3.05, 3.63) is 59.7 Å². The molecule has 30 heavy (non-hydrogen) atoms. The number of carbonyl (C=O) groups excluding carboxylic acids is 2. The van der Waals surface area contributed by atoms with Crippen LogP contribution in [-0.2, 0) is 22.7 Å². The lowest BCUT2D eigenvalue weighted by atomic mass is 10.2. The van der Waals surface area contributed by atoms with E-state index in [1.807, 2.05) is 48.5 Å². The van der Waals surface area contributed by atoms with Crippen LogP contribution in [0.1, 0.15) is 24.0 Å². The molecule has 2 rings (SSSR count). The fourth-order valence-corrected chi connectivity index (χ4v) is 4.43. The van der Waals surface area contributed by atoms with E-state index >= 15 is 0 Å². The van der Waals surface area contributed by atoms with E-state index in [2.05, 4.69) is 10.6 Å². The molecule has 0 unspecified atom stereocenters. The first kappa shape index (κ1) is 24.0. The summed E-state index contributed by atoms with van der Waals surface area (Å²) in [6, 6.07) is 15.2. The first-order valence-corrected chi connectivity index (χ1v) is 12.1. The molecular formula is C22H28N2O4S2. The van der Waals surface area contributed by atoms with Gasteiger partial charge in [0, 0.05) is 37.4 Å². The minimum absolute atomic E-state index is 0.0242. The van der Waals surface area contributed by atoms with Crippen molar-refractivity contribution in [1.29, 1.82) is 0 Å². The Morgan fingerprint density at radius 1 is 0.700 bits per heavy atom. The van der Waals surface area contributed by atoms with Crippen LogP contribution in [0, 0.1) is 0 Å². The van der Waals surface area contributed by atoms with Crippen LogP contribution in [0.5, 0.6) is 11.5 Å². The molecule has 2 amide bonds. The molecule has 0 saturated heterocycles. The fourth-order valence-electron chi connectivity index (χ4n) is 2.45. The van der Waals surface area contributed by atoms with Gasteiger partial charge in [0.1, 0.15) is 11.5 Å². The van der Waals surface area contributed by atoms with Crippen molar-refractivity contribution in [3.63, 3.8) is 0 Å². The third kappa shape index (κ3) is 9.45. The Morgan fingerprint density at radius 3 is 1.40 bits per heavy atom. The highest BCUT2D eigenvalue weighted by atomic mass is 33.1. The molecule has 0 spiro atoms. The number of nitrogens with one attached hydrogen (secondary N) is 2. The van der Waals surface area contributed by atoms with Gasteiger partial charge in [-0.2, -0.15) is 0 Å². The second-order valence-corrected chi connectivity index (χ2v) is 9.10. The maximum atomic E-state index is 11.9. The van der Waals surface area contributed by atoms with Gasteiger partial charge in [0.25, 0.3) is 0 Å². The molecule has 8 heteroatoms. The molecule has 0 heterocycles. The minimum atomic E-state index is 0.0242. The molecule has 2 aromatic rings. The number of benzene rings is 2. The third-order valence-corrected chi connectivity index (χ3v) is 6.61. The zero-order valence-corrected chi connectivity index (χ0v) is 18.9. The summed E-state index contributed by atoms with van der Waals surface area (Å²) in [5.41, 5.74) is 2.07. The second kappa shape index (κ2) is 13.8. The van der Waals surface area contributed by atoms with E-state index < -0.39 is 0 Å². The van der Waals surface area contributed by atoms with E-state index in [4.69, 9.17) is 9.47 Å². The van der Waals surface area contributed by atoms with Crippen molar-refractivity contribution in [2.45, 2.75) is 25.9 Å². The molecule has 0 radical (unpaired) electrons. The zero-order chi connectivity index (χ0) is 21.6. The largest absolute Gasteiger partial charge is 0.497 e. The van der Waals surface area contributed by atoms with Crippen molar-refractivity contribution < 1.29 is 19.1 Å². The van der Waals surface area contributed by atoms with Crippen molar-refractivity contribution in [2.24, 2.45) is 0 Å². The number of carbonyl (C=O) groups is 2. The average Bonchev–Trinajstić information content (AvgIpc) is 2.79. The summed E-state index contributed by atoms with van der Waals surface area (Å²) in [7, 11) is 6.48. The Balaban J connectivity index is 1.48. The van der Waals surface area contributed by atoms with E-state index in [9.17, 15) is 9.59 Å². The summed E-state index contributed by atoms with van der Waals surface area (Å²) in [4.78, 5) is 23.8. The Kier molecular flexibility index (Phi) is 11.0. The van der Waals surface area contributed by atoms with E-state index in [1.165, 1.54) is 0 Å². The molecule has 0 saturated carbocycles. The van der Waals surface area contributed by atoms with E-state index in [-0.39, 0.29) is 11.8 Å². The lowest BCUT2D eigenvalue weighted by molar-refractivity contribution is -0.121. The Bertz CT molecular complexity index is 715. The monoisotopic (exact) mass is 448 g/mol. The van der Waals surface area contributed by atoms with Gasteiger partial charge in [-0.1, -0.05) is 45.9 Å². The SMILES string of the molecule is COc1ccc(CNC(=O)CCSSCCC(=O)NCc2ccc(OC)cc2)cc1. The summed E-state index contributed by atoms with van der Waals surface area (Å²) in [6.07, 6.45) is 0.912. The van der Waals surface area contributed by atoms with Gasteiger partial charge in [-0.05, 0) is 35.4 Å². The van der Waals surface area contributed by atoms with Crippen molar-refractivity contribution in [2.75, 3.05) is 25.7 Å². The molecule has 2 N–H and O–H groups in total. The summed E-state index contributed by atoms with van der Waals surface area (Å²) in [5.74, 6) is 3.08. The van der Waals surface area contributed by atoms with Gasteiger partial charge in [-0.15, -0.1) is 0 Å². The van der Waals surface area contributed by atoms with E-state index in [1.54, 1.807) is 35.8 Å². The van der Waals surface area contributed by atoms with Gasteiger partial charge in [-0.25, -0.2) is 0 Å². The number of hydrogen-bond acceptors (Lipinski definition) is 6. The number of hydrogen-bond donors (Lipinski definition) is 2. The second-order valence-electron chi connectivity index (χ2n) is 6.39. The van der Waals surface area contributed by atoms with Gasteiger partial charge in [0.15, 0.2) is 0 Å². The maximum absolute atomic E-state index is 11.9. The highest BCUT2D eigenvalue weighted by molar-refractivity contribution is 8.76. The Morgan fingerprint density at radius 2 is 1.07 bits per heavy atom. The zero-order valence-electron chi connectivity index (χ0n) is 17.3. The van der Waals surface area contributed by atoms with Crippen LogP contribution in [0.15, 0.2) is 48.5 Å². The summed E-state index contributed by atoms with van der Waals surface area (Å²) < 4.78 is 10.2. The smallest absolute Gasteiger partial charge is 0.221 e. The molecule has 0 fully saturated rings. The molecular weight excluding hydrogens is 420 g/mol. The van der Waals surface area contributed by atoms with Gasteiger partial charge in [-0.3, -0.25) is 9.59 Å². The number of methoxy groups -OCH3 is 2. The maximum Gasteiger partial charge on any atom is 0.221 e. The van der Waals surface area contributed by atoms with Crippen LogP contribution in [0.2, 0.25) is 0 Å². The number of amides is 2. The van der Waals surface area contributed by atoms with Crippen LogP contribution in [0.3, 0.4) is 0 Å². The van der Waals surface area contributed by atoms with Crippen LogP contribution in [0.4, 0.5) is 0 Å². The molecule has 162 valence electrons. The molecule has 0 bridgehead atoms. The van der Waals surface area contributed by atoms with Crippen molar-refractivity contribution >= 4 is 33.4 Å². The van der Waals surface area contributed by atoms with E-state index in [0.29, 0.717) is 37.4 Å². The number of ether oxygens (including phenoxy) is 2. The highest BCUT2D eigenvalue weighted by Crippen LogP contribution is 2.22. The Hall–Kier alpha value is -2.32. The van der Waals surface area contributed by atoms with Gasteiger partial charge in [0.2, 0.25) is 11.8 Å². The summed E-state index contributed by atoms with van der Waals surface area (Å²) in [6.45, 7) is 1.02. The number of rotatable bonds is 13. The quantitative estimate of drug-likeness (QED) is 0.359. The molecule has 0 atom stereocenters. The van der Waals surface area contributed by atoms with Crippen LogP contribution >= 0.6 is 21.6 Å². The van der Waals surface area contributed by atoms with Crippen molar-refractivity contribution in [3.8, 4) is 11.5 Å². The molecule has 0 aliphatic heterocycles. The lowest BCUT2D eigenvalue weighted by Crippen LogP contribution is -2.23. The molecule has 6 nitrogen and oxygen atoms in total. The van der Waals surface area contributed by atoms with Crippen LogP contribution < -0.4 is 20.1 Å². The molecule has 0 aliphatic carbocycles. The van der Waals surface area contributed by atoms with Gasteiger partial charge >= 0.3 is 0 Å².